The molecular formula is C14H31NO2. The highest BCUT2D eigenvalue weighted by molar-refractivity contribution is 4.80. The third-order valence-corrected chi connectivity index (χ3v) is 3.53. The molecule has 0 heterocycles. The highest BCUT2D eigenvalue weighted by Crippen LogP contribution is 2.30. The summed E-state index contributed by atoms with van der Waals surface area (Å²) in [6.07, 6.45) is 1.43. The first kappa shape index (κ1) is 16.9. The Balaban J connectivity index is 3.98. The van der Waals surface area contributed by atoms with E-state index in [-0.39, 0.29) is 0 Å². The van der Waals surface area contributed by atoms with E-state index in [1.807, 2.05) is 0 Å². The van der Waals surface area contributed by atoms with Crippen molar-refractivity contribution < 1.29 is 9.47 Å². The van der Waals surface area contributed by atoms with E-state index in [2.05, 4.69) is 39.9 Å². The third kappa shape index (κ3) is 7.74. The van der Waals surface area contributed by atoms with E-state index in [9.17, 15) is 0 Å². The highest BCUT2D eigenvalue weighted by Gasteiger charge is 2.27. The molecule has 0 aliphatic carbocycles. The van der Waals surface area contributed by atoms with E-state index in [1.165, 1.54) is 0 Å². The highest BCUT2D eigenvalue weighted by atomic mass is 16.5. The van der Waals surface area contributed by atoms with Crippen molar-refractivity contribution in [1.29, 1.82) is 0 Å². The van der Waals surface area contributed by atoms with Crippen molar-refractivity contribution >= 4 is 0 Å². The molecule has 0 aromatic heterocycles. The van der Waals surface area contributed by atoms with Crippen LogP contribution < -0.4 is 5.32 Å². The summed E-state index contributed by atoms with van der Waals surface area (Å²) in [5.41, 5.74) is 0.294. The van der Waals surface area contributed by atoms with Crippen LogP contribution in [0.25, 0.3) is 0 Å². The second kappa shape index (κ2) is 8.90. The summed E-state index contributed by atoms with van der Waals surface area (Å²) < 4.78 is 10.7. The Morgan fingerprint density at radius 1 is 1.12 bits per heavy atom. The lowest BCUT2D eigenvalue weighted by molar-refractivity contribution is 0.0419. The summed E-state index contributed by atoms with van der Waals surface area (Å²) in [7, 11) is 1.74. The van der Waals surface area contributed by atoms with Crippen LogP contribution >= 0.6 is 0 Å². The van der Waals surface area contributed by atoms with Crippen LogP contribution in [-0.2, 0) is 9.47 Å². The number of hydrogen-bond acceptors (Lipinski definition) is 3. The van der Waals surface area contributed by atoms with Crippen LogP contribution in [0.3, 0.4) is 0 Å². The molecule has 0 rings (SSSR count). The Morgan fingerprint density at radius 3 is 2.24 bits per heavy atom. The van der Waals surface area contributed by atoms with E-state index >= 15 is 0 Å². The van der Waals surface area contributed by atoms with Gasteiger partial charge in [-0.25, -0.2) is 0 Å². The van der Waals surface area contributed by atoms with Crippen LogP contribution in [0.5, 0.6) is 0 Å². The fourth-order valence-electron chi connectivity index (χ4n) is 1.66. The zero-order valence-electron chi connectivity index (χ0n) is 12.5. The average molecular weight is 245 g/mol. The molecule has 1 unspecified atom stereocenters. The van der Waals surface area contributed by atoms with Gasteiger partial charge < -0.3 is 14.8 Å². The molecule has 0 bridgehead atoms. The fraction of sp³-hybridized carbons (Fsp3) is 1.00. The summed E-state index contributed by atoms with van der Waals surface area (Å²) in [5, 5.41) is 3.47. The molecular weight excluding hydrogens is 214 g/mol. The second-order valence-corrected chi connectivity index (χ2v) is 5.65. The number of hydrogen-bond donors (Lipinski definition) is 1. The molecule has 1 N–H and O–H groups in total. The van der Waals surface area contributed by atoms with Gasteiger partial charge in [-0.1, -0.05) is 20.8 Å². The normalized spacial score (nSPS) is 15.5. The Kier molecular flexibility index (Phi) is 8.83. The first-order chi connectivity index (χ1) is 7.92. The van der Waals surface area contributed by atoms with Crippen molar-refractivity contribution in [3.63, 3.8) is 0 Å². The summed E-state index contributed by atoms with van der Waals surface area (Å²) in [6.45, 7) is 14.6. The molecule has 3 nitrogen and oxygen atoms in total. The Bertz CT molecular complexity index is 183. The van der Waals surface area contributed by atoms with Gasteiger partial charge in [-0.15, -0.1) is 0 Å². The molecule has 0 aliphatic heterocycles. The summed E-state index contributed by atoms with van der Waals surface area (Å²) in [4.78, 5) is 0. The molecule has 104 valence electrons. The first-order valence-electron chi connectivity index (χ1n) is 6.73. The van der Waals surface area contributed by atoms with Crippen LogP contribution in [-0.4, -0.2) is 39.5 Å². The Labute approximate surface area is 107 Å². The molecule has 0 saturated heterocycles. The maximum atomic E-state index is 5.66. The predicted octanol–water partition coefficient (Wildman–Crippen LogP) is 2.70. The lowest BCUT2D eigenvalue weighted by atomic mass is 9.76. The van der Waals surface area contributed by atoms with Crippen LogP contribution in [0.2, 0.25) is 0 Å². The molecule has 1 atom stereocenters. The van der Waals surface area contributed by atoms with E-state index in [0.717, 1.165) is 32.7 Å². The second-order valence-electron chi connectivity index (χ2n) is 5.65. The minimum absolute atomic E-state index is 0.294. The summed E-state index contributed by atoms with van der Waals surface area (Å²) in [6, 6.07) is 0. The van der Waals surface area contributed by atoms with Crippen LogP contribution in [0, 0.1) is 11.3 Å². The van der Waals surface area contributed by atoms with Gasteiger partial charge in [0.05, 0.1) is 12.7 Å². The van der Waals surface area contributed by atoms with Crippen molar-refractivity contribution in [3.05, 3.63) is 0 Å². The van der Waals surface area contributed by atoms with Crippen LogP contribution in [0.1, 0.15) is 41.0 Å². The lowest BCUT2D eigenvalue weighted by Gasteiger charge is -2.34. The molecule has 0 aromatic carbocycles. The SMILES string of the molecule is COCCNCC(C)(CCOC(C)C)C(C)C. The van der Waals surface area contributed by atoms with Gasteiger partial charge in [0.25, 0.3) is 0 Å². The maximum absolute atomic E-state index is 5.66. The number of methoxy groups -OCH3 is 1. The van der Waals surface area contributed by atoms with E-state index < -0.39 is 0 Å². The van der Waals surface area contributed by atoms with Crippen molar-refractivity contribution in [3.8, 4) is 0 Å². The summed E-state index contributed by atoms with van der Waals surface area (Å²) in [5.74, 6) is 0.647. The van der Waals surface area contributed by atoms with E-state index in [0.29, 0.717) is 17.4 Å². The fourth-order valence-corrected chi connectivity index (χ4v) is 1.66. The monoisotopic (exact) mass is 245 g/mol. The average Bonchev–Trinajstić information content (AvgIpc) is 2.23. The number of nitrogens with one attached hydrogen (secondary N) is 1. The van der Waals surface area contributed by atoms with Crippen LogP contribution in [0.4, 0.5) is 0 Å². The van der Waals surface area contributed by atoms with E-state index in [1.54, 1.807) is 7.11 Å². The lowest BCUT2D eigenvalue weighted by Crippen LogP contribution is -2.38. The molecule has 0 aromatic rings. The Hall–Kier alpha value is -0.120. The molecule has 0 spiro atoms. The summed E-state index contributed by atoms with van der Waals surface area (Å²) >= 11 is 0. The van der Waals surface area contributed by atoms with Crippen molar-refractivity contribution in [2.24, 2.45) is 11.3 Å². The zero-order valence-corrected chi connectivity index (χ0v) is 12.5. The van der Waals surface area contributed by atoms with Gasteiger partial charge in [0.2, 0.25) is 0 Å². The van der Waals surface area contributed by atoms with E-state index in [4.69, 9.17) is 9.47 Å². The quantitative estimate of drug-likeness (QED) is 0.600. The molecule has 0 fully saturated rings. The first-order valence-corrected chi connectivity index (χ1v) is 6.73. The van der Waals surface area contributed by atoms with Gasteiger partial charge in [0.15, 0.2) is 0 Å². The van der Waals surface area contributed by atoms with Gasteiger partial charge in [-0.2, -0.15) is 0 Å². The molecule has 0 saturated carbocycles. The zero-order chi connectivity index (χ0) is 13.3. The van der Waals surface area contributed by atoms with Crippen molar-refractivity contribution in [2.45, 2.75) is 47.1 Å². The Morgan fingerprint density at radius 2 is 1.76 bits per heavy atom. The van der Waals surface area contributed by atoms with Gasteiger partial charge in [0, 0.05) is 26.8 Å². The third-order valence-electron chi connectivity index (χ3n) is 3.53. The number of rotatable bonds is 10. The predicted molar refractivity (Wildman–Crippen MR) is 73.4 cm³/mol. The van der Waals surface area contributed by atoms with Crippen molar-refractivity contribution in [2.75, 3.05) is 33.4 Å². The smallest absolute Gasteiger partial charge is 0.0587 e. The van der Waals surface area contributed by atoms with Gasteiger partial charge in [-0.05, 0) is 31.6 Å². The molecule has 0 aliphatic rings. The van der Waals surface area contributed by atoms with Crippen molar-refractivity contribution in [1.82, 2.24) is 5.32 Å². The maximum Gasteiger partial charge on any atom is 0.0587 e. The minimum Gasteiger partial charge on any atom is -0.383 e. The van der Waals surface area contributed by atoms with Gasteiger partial charge >= 0.3 is 0 Å². The molecule has 3 heteroatoms. The van der Waals surface area contributed by atoms with Gasteiger partial charge in [0.1, 0.15) is 0 Å². The van der Waals surface area contributed by atoms with Gasteiger partial charge in [-0.3, -0.25) is 0 Å². The molecule has 17 heavy (non-hydrogen) atoms. The number of ether oxygens (including phenoxy) is 2. The van der Waals surface area contributed by atoms with Crippen LogP contribution in [0.15, 0.2) is 0 Å². The minimum atomic E-state index is 0.294. The molecule has 0 radical (unpaired) electrons. The molecule has 0 amide bonds. The standard InChI is InChI=1S/C14H31NO2/c1-12(2)14(5,7-9-17-13(3)4)11-15-8-10-16-6/h12-13,15H,7-11H2,1-6H3. The largest absolute Gasteiger partial charge is 0.383 e. The topological polar surface area (TPSA) is 30.5 Å².